The lowest BCUT2D eigenvalue weighted by atomic mass is 10.1. The van der Waals surface area contributed by atoms with E-state index in [9.17, 15) is 4.79 Å². The number of carbonyl (C=O) groups is 1. The molecule has 0 radical (unpaired) electrons. The van der Waals surface area contributed by atoms with Gasteiger partial charge in [0.1, 0.15) is 5.82 Å². The van der Waals surface area contributed by atoms with E-state index < -0.39 is 0 Å². The van der Waals surface area contributed by atoms with Crippen LogP contribution in [0.4, 0.5) is 5.82 Å². The standard InChI is InChI=1S/C15H15Br2N3O/c1-9(10-3-5-11(16)6-4-10)20-15(21)13-7-12(17)8-19-14(13)18-2/h3-9H,1-2H3,(H,18,19)(H,20,21). The van der Waals surface area contributed by atoms with E-state index in [1.165, 1.54) is 0 Å². The molecule has 4 nitrogen and oxygen atoms in total. The lowest BCUT2D eigenvalue weighted by Crippen LogP contribution is -2.27. The molecular weight excluding hydrogens is 398 g/mol. The van der Waals surface area contributed by atoms with Gasteiger partial charge in [-0.25, -0.2) is 4.98 Å². The van der Waals surface area contributed by atoms with Crippen molar-refractivity contribution >= 4 is 43.6 Å². The van der Waals surface area contributed by atoms with Crippen molar-refractivity contribution in [3.63, 3.8) is 0 Å². The van der Waals surface area contributed by atoms with E-state index >= 15 is 0 Å². The Kier molecular flexibility index (Phi) is 5.36. The number of pyridine rings is 1. The highest BCUT2D eigenvalue weighted by Gasteiger charge is 2.15. The van der Waals surface area contributed by atoms with Gasteiger partial charge in [-0.1, -0.05) is 28.1 Å². The van der Waals surface area contributed by atoms with Gasteiger partial charge < -0.3 is 10.6 Å². The second kappa shape index (κ2) is 7.04. The Balaban J connectivity index is 2.17. The molecule has 0 aliphatic rings. The molecule has 1 aromatic carbocycles. The van der Waals surface area contributed by atoms with Crippen LogP contribution in [0.2, 0.25) is 0 Å². The Hall–Kier alpha value is -1.40. The van der Waals surface area contributed by atoms with Crippen LogP contribution in [-0.4, -0.2) is 17.9 Å². The van der Waals surface area contributed by atoms with Crippen molar-refractivity contribution in [1.29, 1.82) is 0 Å². The number of nitrogens with one attached hydrogen (secondary N) is 2. The average molecular weight is 413 g/mol. The molecule has 2 N–H and O–H groups in total. The van der Waals surface area contributed by atoms with Crippen LogP contribution in [0.5, 0.6) is 0 Å². The molecule has 0 aliphatic carbocycles. The first-order chi connectivity index (χ1) is 10.0. The molecule has 0 saturated carbocycles. The zero-order chi connectivity index (χ0) is 15.4. The number of halogens is 2. The van der Waals surface area contributed by atoms with Gasteiger partial charge in [0, 0.05) is 22.2 Å². The van der Waals surface area contributed by atoms with Gasteiger partial charge in [-0.05, 0) is 46.6 Å². The van der Waals surface area contributed by atoms with Gasteiger partial charge >= 0.3 is 0 Å². The Morgan fingerprint density at radius 1 is 1.19 bits per heavy atom. The highest BCUT2D eigenvalue weighted by atomic mass is 79.9. The molecule has 1 aromatic heterocycles. The van der Waals surface area contributed by atoms with Crippen LogP contribution >= 0.6 is 31.9 Å². The van der Waals surface area contributed by atoms with E-state index in [1.54, 1.807) is 19.3 Å². The highest BCUT2D eigenvalue weighted by molar-refractivity contribution is 9.10. The normalized spacial score (nSPS) is 11.8. The Morgan fingerprint density at radius 3 is 2.48 bits per heavy atom. The summed E-state index contributed by atoms with van der Waals surface area (Å²) in [7, 11) is 1.74. The van der Waals surface area contributed by atoms with Gasteiger partial charge in [0.25, 0.3) is 5.91 Å². The average Bonchev–Trinajstić information content (AvgIpc) is 2.47. The van der Waals surface area contributed by atoms with Crippen molar-refractivity contribution in [3.05, 3.63) is 56.6 Å². The van der Waals surface area contributed by atoms with Crippen LogP contribution in [0.3, 0.4) is 0 Å². The van der Waals surface area contributed by atoms with Crippen LogP contribution in [0, 0.1) is 0 Å². The summed E-state index contributed by atoms with van der Waals surface area (Å²) < 4.78 is 1.78. The number of benzene rings is 1. The predicted octanol–water partition coefficient (Wildman–Crippen LogP) is 4.14. The number of carbonyl (C=O) groups excluding carboxylic acids is 1. The lowest BCUT2D eigenvalue weighted by molar-refractivity contribution is 0.0940. The minimum atomic E-state index is -0.163. The molecule has 2 rings (SSSR count). The predicted molar refractivity (Wildman–Crippen MR) is 91.5 cm³/mol. The molecule has 1 heterocycles. The number of anilines is 1. The second-order valence-electron chi connectivity index (χ2n) is 4.55. The minimum Gasteiger partial charge on any atom is -0.372 e. The fraction of sp³-hybridized carbons (Fsp3) is 0.200. The van der Waals surface area contributed by atoms with Crippen molar-refractivity contribution in [2.75, 3.05) is 12.4 Å². The SMILES string of the molecule is CNc1ncc(Br)cc1C(=O)NC(C)c1ccc(Br)cc1. The van der Waals surface area contributed by atoms with Gasteiger partial charge in [-0.3, -0.25) is 4.79 Å². The van der Waals surface area contributed by atoms with Crippen LogP contribution in [0.15, 0.2) is 45.5 Å². The topological polar surface area (TPSA) is 54.0 Å². The van der Waals surface area contributed by atoms with Crippen LogP contribution < -0.4 is 10.6 Å². The summed E-state index contributed by atoms with van der Waals surface area (Å²) in [6, 6.07) is 9.53. The third kappa shape index (κ3) is 4.04. The molecule has 110 valence electrons. The first kappa shape index (κ1) is 16.0. The number of amides is 1. The fourth-order valence-corrected chi connectivity index (χ4v) is 2.52. The maximum absolute atomic E-state index is 12.4. The fourth-order valence-electron chi connectivity index (χ4n) is 1.92. The van der Waals surface area contributed by atoms with Gasteiger partial charge in [0.15, 0.2) is 0 Å². The van der Waals surface area contributed by atoms with E-state index in [2.05, 4.69) is 47.5 Å². The smallest absolute Gasteiger partial charge is 0.255 e. The third-order valence-corrected chi connectivity index (χ3v) is 4.02. The molecule has 0 aliphatic heterocycles. The molecule has 1 amide bonds. The molecule has 0 spiro atoms. The van der Waals surface area contributed by atoms with Gasteiger partial charge in [-0.15, -0.1) is 0 Å². The van der Waals surface area contributed by atoms with Gasteiger partial charge in [0.2, 0.25) is 0 Å². The molecule has 0 fully saturated rings. The van der Waals surface area contributed by atoms with Crippen LogP contribution in [0.1, 0.15) is 28.9 Å². The number of aromatic nitrogens is 1. The molecular formula is C15H15Br2N3O. The molecule has 6 heteroatoms. The van der Waals surface area contributed by atoms with Crippen molar-refractivity contribution in [1.82, 2.24) is 10.3 Å². The molecule has 21 heavy (non-hydrogen) atoms. The zero-order valence-corrected chi connectivity index (χ0v) is 14.8. The molecule has 0 saturated heterocycles. The number of rotatable bonds is 4. The molecule has 1 atom stereocenters. The number of nitrogens with zero attached hydrogens (tertiary/aromatic N) is 1. The summed E-state index contributed by atoms with van der Waals surface area (Å²) in [5.74, 6) is 0.391. The summed E-state index contributed by atoms with van der Waals surface area (Å²) in [6.07, 6.45) is 1.65. The largest absolute Gasteiger partial charge is 0.372 e. The van der Waals surface area contributed by atoms with Gasteiger partial charge in [-0.2, -0.15) is 0 Å². The monoisotopic (exact) mass is 411 g/mol. The Labute approximate surface area is 140 Å². The maximum Gasteiger partial charge on any atom is 0.255 e. The van der Waals surface area contributed by atoms with E-state index in [0.717, 1.165) is 14.5 Å². The van der Waals surface area contributed by atoms with E-state index in [-0.39, 0.29) is 11.9 Å². The first-order valence-corrected chi connectivity index (χ1v) is 7.99. The first-order valence-electron chi connectivity index (χ1n) is 6.41. The van der Waals surface area contributed by atoms with Crippen LogP contribution in [0.25, 0.3) is 0 Å². The molecule has 0 bridgehead atoms. The quantitative estimate of drug-likeness (QED) is 0.793. The van der Waals surface area contributed by atoms with E-state index in [4.69, 9.17) is 0 Å². The van der Waals surface area contributed by atoms with E-state index in [0.29, 0.717) is 11.4 Å². The summed E-state index contributed by atoms with van der Waals surface area (Å²) in [5.41, 5.74) is 1.55. The van der Waals surface area contributed by atoms with Crippen molar-refractivity contribution in [3.8, 4) is 0 Å². The van der Waals surface area contributed by atoms with Crippen molar-refractivity contribution < 1.29 is 4.79 Å². The number of hydrogen-bond acceptors (Lipinski definition) is 3. The molecule has 2 aromatic rings. The molecule has 1 unspecified atom stereocenters. The maximum atomic E-state index is 12.4. The minimum absolute atomic E-state index is 0.0886. The van der Waals surface area contributed by atoms with E-state index in [1.807, 2.05) is 31.2 Å². The second-order valence-corrected chi connectivity index (χ2v) is 6.38. The highest BCUT2D eigenvalue weighted by Crippen LogP contribution is 2.20. The zero-order valence-electron chi connectivity index (χ0n) is 11.7. The van der Waals surface area contributed by atoms with Gasteiger partial charge in [0.05, 0.1) is 11.6 Å². The lowest BCUT2D eigenvalue weighted by Gasteiger charge is -2.16. The summed E-state index contributed by atoms with van der Waals surface area (Å²) in [4.78, 5) is 16.6. The summed E-state index contributed by atoms with van der Waals surface area (Å²) in [6.45, 7) is 1.95. The third-order valence-electron chi connectivity index (χ3n) is 3.05. The van der Waals surface area contributed by atoms with Crippen LogP contribution in [-0.2, 0) is 0 Å². The van der Waals surface area contributed by atoms with Crippen molar-refractivity contribution in [2.24, 2.45) is 0 Å². The number of hydrogen-bond donors (Lipinski definition) is 2. The summed E-state index contributed by atoms with van der Waals surface area (Å²) >= 11 is 6.74. The summed E-state index contributed by atoms with van der Waals surface area (Å²) in [5, 5.41) is 5.90. The Morgan fingerprint density at radius 2 is 1.86 bits per heavy atom. The Bertz CT molecular complexity index is 644. The van der Waals surface area contributed by atoms with Crippen molar-refractivity contribution in [2.45, 2.75) is 13.0 Å².